The van der Waals surface area contributed by atoms with Crippen molar-refractivity contribution in [1.82, 2.24) is 25.1 Å². The molecule has 0 saturated carbocycles. The minimum absolute atomic E-state index is 0.106. The van der Waals surface area contributed by atoms with E-state index < -0.39 is 0 Å². The third-order valence-electron chi connectivity index (χ3n) is 4.61. The molecule has 0 bridgehead atoms. The highest BCUT2D eigenvalue weighted by Gasteiger charge is 2.19. The Hall–Kier alpha value is -2.65. The first kappa shape index (κ1) is 18.2. The average molecular weight is 350 g/mol. The van der Waals surface area contributed by atoms with Gasteiger partial charge in [-0.1, -0.05) is 0 Å². The Morgan fingerprint density at radius 1 is 1.31 bits per heavy atom. The number of hydrogen-bond donors (Lipinski definition) is 2. The molecule has 0 fully saturated rings. The smallest absolute Gasteiger partial charge is 0.141 e. The van der Waals surface area contributed by atoms with E-state index in [2.05, 4.69) is 58.0 Å². The standard InChI is InChI=1S/C20H26N6/c1-14-16(12-24-25-14)6-5-7-22-10-15-8-18-17(9-21)13-26(20(2,3)4)19(18)23-11-15/h8,11-13,22H,5-7,10H2,1-4H3,(H,24,25). The van der Waals surface area contributed by atoms with Crippen molar-refractivity contribution in [2.75, 3.05) is 6.54 Å². The number of aryl methyl sites for hydroxylation is 2. The van der Waals surface area contributed by atoms with Crippen LogP contribution in [0.1, 0.15) is 49.6 Å². The first-order valence-corrected chi connectivity index (χ1v) is 9.00. The lowest BCUT2D eigenvalue weighted by molar-refractivity contribution is 0.408. The lowest BCUT2D eigenvalue weighted by Gasteiger charge is -2.21. The number of rotatable bonds is 6. The molecule has 0 saturated heterocycles. The number of nitriles is 1. The molecule has 0 aromatic carbocycles. The van der Waals surface area contributed by atoms with Crippen molar-refractivity contribution >= 4 is 11.0 Å². The molecule has 0 aliphatic carbocycles. The molecule has 0 aliphatic heterocycles. The van der Waals surface area contributed by atoms with Crippen LogP contribution in [0, 0.1) is 18.3 Å². The maximum absolute atomic E-state index is 9.45. The quantitative estimate of drug-likeness (QED) is 0.667. The van der Waals surface area contributed by atoms with Crippen molar-refractivity contribution < 1.29 is 0 Å². The van der Waals surface area contributed by atoms with Gasteiger partial charge in [-0.25, -0.2) is 4.98 Å². The van der Waals surface area contributed by atoms with Crippen LogP contribution in [0.5, 0.6) is 0 Å². The number of nitrogens with one attached hydrogen (secondary N) is 2. The molecule has 3 heterocycles. The van der Waals surface area contributed by atoms with Crippen LogP contribution in [0.4, 0.5) is 0 Å². The molecule has 3 rings (SSSR count). The molecule has 0 spiro atoms. The normalized spacial score (nSPS) is 11.8. The molecular formula is C20H26N6. The molecule has 0 atom stereocenters. The number of fused-ring (bicyclic) bond motifs is 1. The molecule has 3 aromatic heterocycles. The van der Waals surface area contributed by atoms with Crippen molar-refractivity contribution in [3.05, 3.63) is 47.0 Å². The van der Waals surface area contributed by atoms with Gasteiger partial charge < -0.3 is 9.88 Å². The number of nitrogens with zero attached hydrogens (tertiary/aromatic N) is 4. The van der Waals surface area contributed by atoms with Crippen LogP contribution in [0.2, 0.25) is 0 Å². The first-order valence-electron chi connectivity index (χ1n) is 9.00. The zero-order valence-electron chi connectivity index (χ0n) is 15.9. The number of H-pyrrole nitrogens is 1. The van der Waals surface area contributed by atoms with Crippen LogP contribution in [0.15, 0.2) is 24.7 Å². The highest BCUT2D eigenvalue weighted by atomic mass is 15.1. The van der Waals surface area contributed by atoms with E-state index in [4.69, 9.17) is 0 Å². The fraction of sp³-hybridized carbons (Fsp3) is 0.450. The van der Waals surface area contributed by atoms with Gasteiger partial charge in [0.2, 0.25) is 0 Å². The van der Waals surface area contributed by atoms with Crippen molar-refractivity contribution in [3.8, 4) is 6.07 Å². The molecule has 3 aromatic rings. The Labute approximate surface area is 154 Å². The Morgan fingerprint density at radius 2 is 2.12 bits per heavy atom. The van der Waals surface area contributed by atoms with Gasteiger partial charge in [0.05, 0.1) is 11.8 Å². The summed E-state index contributed by atoms with van der Waals surface area (Å²) in [7, 11) is 0. The highest BCUT2D eigenvalue weighted by molar-refractivity contribution is 5.84. The third kappa shape index (κ3) is 3.78. The predicted octanol–water partition coefficient (Wildman–Crippen LogP) is 3.42. The van der Waals surface area contributed by atoms with Gasteiger partial charge in [-0.2, -0.15) is 10.4 Å². The minimum Gasteiger partial charge on any atom is -0.326 e. The Balaban J connectivity index is 1.64. The molecule has 0 aliphatic rings. The second-order valence-electron chi connectivity index (χ2n) is 7.71. The second kappa shape index (κ2) is 7.30. The van der Waals surface area contributed by atoms with E-state index in [0.29, 0.717) is 5.56 Å². The minimum atomic E-state index is -0.106. The van der Waals surface area contributed by atoms with Crippen LogP contribution in [-0.2, 0) is 18.5 Å². The van der Waals surface area contributed by atoms with E-state index in [-0.39, 0.29) is 5.54 Å². The van der Waals surface area contributed by atoms with Crippen molar-refractivity contribution in [1.29, 1.82) is 5.26 Å². The largest absolute Gasteiger partial charge is 0.326 e. The van der Waals surface area contributed by atoms with Gasteiger partial charge in [0, 0.05) is 35.6 Å². The second-order valence-corrected chi connectivity index (χ2v) is 7.71. The van der Waals surface area contributed by atoms with E-state index in [0.717, 1.165) is 48.2 Å². The maximum Gasteiger partial charge on any atom is 0.141 e. The Morgan fingerprint density at radius 3 is 2.77 bits per heavy atom. The highest BCUT2D eigenvalue weighted by Crippen LogP contribution is 2.26. The van der Waals surface area contributed by atoms with Gasteiger partial charge in [0.25, 0.3) is 0 Å². The predicted molar refractivity (Wildman–Crippen MR) is 103 cm³/mol. The summed E-state index contributed by atoms with van der Waals surface area (Å²) in [5.74, 6) is 0. The fourth-order valence-corrected chi connectivity index (χ4v) is 3.11. The van der Waals surface area contributed by atoms with E-state index in [9.17, 15) is 5.26 Å². The third-order valence-corrected chi connectivity index (χ3v) is 4.61. The van der Waals surface area contributed by atoms with Gasteiger partial charge in [-0.15, -0.1) is 0 Å². The van der Waals surface area contributed by atoms with Crippen molar-refractivity contribution in [2.24, 2.45) is 0 Å². The summed E-state index contributed by atoms with van der Waals surface area (Å²) >= 11 is 0. The summed E-state index contributed by atoms with van der Waals surface area (Å²) in [5, 5.41) is 20.9. The molecule has 0 radical (unpaired) electrons. The SMILES string of the molecule is Cc1[nH]ncc1CCCNCc1cnc2c(c1)c(C#N)cn2C(C)(C)C. The molecule has 26 heavy (non-hydrogen) atoms. The van der Waals surface area contributed by atoms with Crippen LogP contribution < -0.4 is 5.32 Å². The van der Waals surface area contributed by atoms with Gasteiger partial charge >= 0.3 is 0 Å². The monoisotopic (exact) mass is 350 g/mol. The maximum atomic E-state index is 9.45. The molecule has 2 N–H and O–H groups in total. The topological polar surface area (TPSA) is 82.3 Å². The Bertz CT molecular complexity index is 936. The van der Waals surface area contributed by atoms with E-state index >= 15 is 0 Å². The van der Waals surface area contributed by atoms with E-state index in [1.807, 2.05) is 25.5 Å². The zero-order chi connectivity index (χ0) is 18.7. The summed E-state index contributed by atoms with van der Waals surface area (Å²) in [6.07, 6.45) is 7.77. The molecule has 6 heteroatoms. The molecular weight excluding hydrogens is 324 g/mol. The average Bonchev–Trinajstić information content (AvgIpc) is 3.17. The van der Waals surface area contributed by atoms with Crippen LogP contribution >= 0.6 is 0 Å². The van der Waals surface area contributed by atoms with E-state index in [1.54, 1.807) is 0 Å². The van der Waals surface area contributed by atoms with Crippen LogP contribution in [0.3, 0.4) is 0 Å². The number of aromatic amines is 1. The summed E-state index contributed by atoms with van der Waals surface area (Å²) in [6.45, 7) is 10.1. The summed E-state index contributed by atoms with van der Waals surface area (Å²) in [4.78, 5) is 4.63. The molecule has 136 valence electrons. The Kier molecular flexibility index (Phi) is 5.10. The summed E-state index contributed by atoms with van der Waals surface area (Å²) < 4.78 is 2.07. The van der Waals surface area contributed by atoms with Crippen molar-refractivity contribution in [2.45, 2.75) is 52.6 Å². The summed E-state index contributed by atoms with van der Waals surface area (Å²) in [6, 6.07) is 4.38. The first-order chi connectivity index (χ1) is 12.4. The molecule has 6 nitrogen and oxygen atoms in total. The van der Waals surface area contributed by atoms with E-state index in [1.165, 1.54) is 5.56 Å². The zero-order valence-corrected chi connectivity index (χ0v) is 15.9. The lowest BCUT2D eigenvalue weighted by Crippen LogP contribution is -2.21. The van der Waals surface area contributed by atoms with Gasteiger partial charge in [0.15, 0.2) is 0 Å². The van der Waals surface area contributed by atoms with Crippen LogP contribution in [-0.4, -0.2) is 26.3 Å². The fourth-order valence-electron chi connectivity index (χ4n) is 3.11. The lowest BCUT2D eigenvalue weighted by atomic mass is 10.1. The van der Waals surface area contributed by atoms with Crippen LogP contribution in [0.25, 0.3) is 11.0 Å². The number of pyridine rings is 1. The molecule has 0 amide bonds. The molecule has 0 unspecified atom stereocenters. The van der Waals surface area contributed by atoms with Crippen molar-refractivity contribution in [3.63, 3.8) is 0 Å². The van der Waals surface area contributed by atoms with Gasteiger partial charge in [-0.05, 0) is 64.3 Å². The number of hydrogen-bond acceptors (Lipinski definition) is 4. The summed E-state index contributed by atoms with van der Waals surface area (Å²) in [5.41, 5.74) is 4.96. The van der Waals surface area contributed by atoms with Gasteiger partial charge in [0.1, 0.15) is 11.7 Å². The van der Waals surface area contributed by atoms with Gasteiger partial charge in [-0.3, -0.25) is 5.10 Å². The number of aromatic nitrogens is 4.